The molecular formula is C22H34N2O2. The van der Waals surface area contributed by atoms with Crippen molar-refractivity contribution in [2.24, 2.45) is 11.8 Å². The van der Waals surface area contributed by atoms with Gasteiger partial charge in [0.05, 0.1) is 12.2 Å². The Kier molecular flexibility index (Phi) is 6.24. The topological polar surface area (TPSA) is 34.6 Å². The standard InChI is InChI=1S/C22H34N2O2/c1-2-4-19(3-1)17-24-13-9-22(10-14-24)21(8-16-26-22)7-15-25-18-20-5-11-23-12-6-20/h5-6,11-12,19,21H,1-4,7-10,13-18H2/t21-/m1/s1. The van der Waals surface area contributed by atoms with Crippen molar-refractivity contribution in [2.75, 3.05) is 32.8 Å². The van der Waals surface area contributed by atoms with Gasteiger partial charge in [-0.05, 0) is 68.1 Å². The minimum Gasteiger partial charge on any atom is -0.377 e. The minimum atomic E-state index is 0.145. The lowest BCUT2D eigenvalue weighted by Gasteiger charge is -2.43. The van der Waals surface area contributed by atoms with E-state index in [1.807, 2.05) is 24.5 Å². The van der Waals surface area contributed by atoms with E-state index in [1.165, 1.54) is 70.1 Å². The third-order valence-corrected chi connectivity index (χ3v) is 6.92. The van der Waals surface area contributed by atoms with Crippen molar-refractivity contribution in [3.8, 4) is 0 Å². The molecule has 4 rings (SSSR count). The van der Waals surface area contributed by atoms with Gasteiger partial charge in [-0.2, -0.15) is 0 Å². The van der Waals surface area contributed by atoms with Gasteiger partial charge in [0.25, 0.3) is 0 Å². The first-order chi connectivity index (χ1) is 12.8. The number of hydrogen-bond donors (Lipinski definition) is 0. The average molecular weight is 359 g/mol. The van der Waals surface area contributed by atoms with Crippen LogP contribution in [0.2, 0.25) is 0 Å². The number of aromatic nitrogens is 1. The molecule has 144 valence electrons. The second-order valence-corrected chi connectivity index (χ2v) is 8.55. The highest BCUT2D eigenvalue weighted by molar-refractivity contribution is 5.07. The van der Waals surface area contributed by atoms with Gasteiger partial charge in [-0.1, -0.05) is 12.8 Å². The Labute approximate surface area is 158 Å². The first-order valence-electron chi connectivity index (χ1n) is 10.7. The van der Waals surface area contributed by atoms with Crippen LogP contribution in [0.15, 0.2) is 24.5 Å². The van der Waals surface area contributed by atoms with E-state index >= 15 is 0 Å². The molecule has 3 aliphatic rings. The predicted octanol–water partition coefficient (Wildman–Crippen LogP) is 4.05. The number of hydrogen-bond acceptors (Lipinski definition) is 4. The van der Waals surface area contributed by atoms with Crippen LogP contribution < -0.4 is 0 Å². The smallest absolute Gasteiger partial charge is 0.0736 e. The number of likely N-dealkylation sites (tertiary alicyclic amines) is 1. The molecule has 1 aromatic heterocycles. The van der Waals surface area contributed by atoms with Crippen LogP contribution in [0.1, 0.15) is 56.9 Å². The molecule has 2 aliphatic heterocycles. The lowest BCUT2D eigenvalue weighted by molar-refractivity contribution is -0.0737. The highest BCUT2D eigenvalue weighted by atomic mass is 16.5. The SMILES string of the molecule is c1cc(COCC[C@@H]2CCOC23CCN(CC2CCCC2)CC3)ccn1. The Morgan fingerprint density at radius 2 is 1.88 bits per heavy atom. The zero-order chi connectivity index (χ0) is 17.7. The molecule has 1 aliphatic carbocycles. The molecule has 4 heteroatoms. The molecule has 0 radical (unpaired) electrons. The zero-order valence-corrected chi connectivity index (χ0v) is 16.1. The van der Waals surface area contributed by atoms with Gasteiger partial charge in [-0.3, -0.25) is 4.98 Å². The van der Waals surface area contributed by atoms with Crippen molar-refractivity contribution in [3.05, 3.63) is 30.1 Å². The van der Waals surface area contributed by atoms with Crippen LogP contribution >= 0.6 is 0 Å². The summed E-state index contributed by atoms with van der Waals surface area (Å²) in [5.74, 6) is 1.64. The molecule has 1 aromatic rings. The van der Waals surface area contributed by atoms with Crippen LogP contribution in [-0.2, 0) is 16.1 Å². The monoisotopic (exact) mass is 358 g/mol. The summed E-state index contributed by atoms with van der Waals surface area (Å²) in [6, 6.07) is 4.06. The minimum absolute atomic E-state index is 0.145. The number of nitrogens with zero attached hydrogens (tertiary/aromatic N) is 2. The van der Waals surface area contributed by atoms with Gasteiger partial charge in [-0.15, -0.1) is 0 Å². The van der Waals surface area contributed by atoms with Crippen LogP contribution in [0.5, 0.6) is 0 Å². The summed E-state index contributed by atoms with van der Waals surface area (Å²) in [7, 11) is 0. The fraction of sp³-hybridized carbons (Fsp3) is 0.773. The van der Waals surface area contributed by atoms with Gasteiger partial charge in [-0.25, -0.2) is 0 Å². The Bertz CT molecular complexity index is 536. The van der Waals surface area contributed by atoms with E-state index in [1.54, 1.807) is 0 Å². The van der Waals surface area contributed by atoms with E-state index < -0.39 is 0 Å². The van der Waals surface area contributed by atoms with Crippen molar-refractivity contribution < 1.29 is 9.47 Å². The molecular weight excluding hydrogens is 324 g/mol. The maximum Gasteiger partial charge on any atom is 0.0736 e. The maximum absolute atomic E-state index is 6.34. The number of ether oxygens (including phenoxy) is 2. The van der Waals surface area contributed by atoms with Crippen molar-refractivity contribution >= 4 is 0 Å². The van der Waals surface area contributed by atoms with Crippen molar-refractivity contribution in [1.82, 2.24) is 9.88 Å². The third-order valence-electron chi connectivity index (χ3n) is 6.92. The van der Waals surface area contributed by atoms with Gasteiger partial charge in [0.15, 0.2) is 0 Å². The first-order valence-corrected chi connectivity index (χ1v) is 10.7. The molecule has 1 spiro atoms. The average Bonchev–Trinajstić information content (AvgIpc) is 3.32. The van der Waals surface area contributed by atoms with E-state index in [0.29, 0.717) is 12.5 Å². The second kappa shape index (κ2) is 8.81. The van der Waals surface area contributed by atoms with E-state index in [-0.39, 0.29) is 5.60 Å². The summed E-state index contributed by atoms with van der Waals surface area (Å²) in [6.07, 6.45) is 14.2. The molecule has 0 amide bonds. The van der Waals surface area contributed by atoms with Gasteiger partial charge >= 0.3 is 0 Å². The van der Waals surface area contributed by atoms with Crippen molar-refractivity contribution in [3.63, 3.8) is 0 Å². The second-order valence-electron chi connectivity index (χ2n) is 8.55. The lowest BCUT2D eigenvalue weighted by atomic mass is 9.78. The summed E-state index contributed by atoms with van der Waals surface area (Å²) < 4.78 is 12.3. The Balaban J connectivity index is 1.20. The zero-order valence-electron chi connectivity index (χ0n) is 16.1. The number of piperidine rings is 1. The number of pyridine rings is 1. The molecule has 0 unspecified atom stereocenters. The molecule has 0 aromatic carbocycles. The van der Waals surface area contributed by atoms with E-state index in [4.69, 9.17) is 9.47 Å². The Hall–Kier alpha value is -0.970. The van der Waals surface area contributed by atoms with E-state index in [0.717, 1.165) is 25.6 Å². The largest absolute Gasteiger partial charge is 0.377 e. The quantitative estimate of drug-likeness (QED) is 0.689. The van der Waals surface area contributed by atoms with Gasteiger partial charge in [0.2, 0.25) is 0 Å². The predicted molar refractivity (Wildman–Crippen MR) is 103 cm³/mol. The van der Waals surface area contributed by atoms with E-state index in [2.05, 4.69) is 9.88 Å². The van der Waals surface area contributed by atoms with Gasteiger partial charge < -0.3 is 14.4 Å². The number of rotatable bonds is 7. The lowest BCUT2D eigenvalue weighted by Crippen LogP contribution is -2.48. The molecule has 26 heavy (non-hydrogen) atoms. The van der Waals surface area contributed by atoms with E-state index in [9.17, 15) is 0 Å². The molecule has 3 heterocycles. The van der Waals surface area contributed by atoms with Crippen molar-refractivity contribution in [2.45, 2.75) is 63.6 Å². The Morgan fingerprint density at radius 3 is 2.65 bits per heavy atom. The highest BCUT2D eigenvalue weighted by Crippen LogP contribution is 2.42. The van der Waals surface area contributed by atoms with Crippen LogP contribution in [0.25, 0.3) is 0 Å². The highest BCUT2D eigenvalue weighted by Gasteiger charge is 2.45. The van der Waals surface area contributed by atoms with Gasteiger partial charge in [0, 0.05) is 45.2 Å². The summed E-state index contributed by atoms with van der Waals surface area (Å²) in [5.41, 5.74) is 1.35. The fourth-order valence-corrected chi connectivity index (χ4v) is 5.31. The molecule has 0 bridgehead atoms. The van der Waals surface area contributed by atoms with Crippen LogP contribution in [0.4, 0.5) is 0 Å². The normalized spacial score (nSPS) is 26.7. The summed E-state index contributed by atoms with van der Waals surface area (Å²) in [6.45, 7) is 6.26. The Morgan fingerprint density at radius 1 is 1.12 bits per heavy atom. The van der Waals surface area contributed by atoms with Crippen LogP contribution in [0.3, 0.4) is 0 Å². The fourth-order valence-electron chi connectivity index (χ4n) is 5.31. The van der Waals surface area contributed by atoms with Crippen molar-refractivity contribution in [1.29, 1.82) is 0 Å². The summed E-state index contributed by atoms with van der Waals surface area (Å²) >= 11 is 0. The molecule has 2 saturated heterocycles. The maximum atomic E-state index is 6.34. The summed E-state index contributed by atoms with van der Waals surface area (Å²) in [4.78, 5) is 6.76. The molecule has 0 N–H and O–H groups in total. The summed E-state index contributed by atoms with van der Waals surface area (Å²) in [5, 5.41) is 0. The van der Waals surface area contributed by atoms with Gasteiger partial charge in [0.1, 0.15) is 0 Å². The van der Waals surface area contributed by atoms with Crippen LogP contribution in [0, 0.1) is 11.8 Å². The molecule has 4 nitrogen and oxygen atoms in total. The molecule has 3 fully saturated rings. The molecule has 1 atom stereocenters. The molecule has 1 saturated carbocycles. The van der Waals surface area contributed by atoms with Crippen LogP contribution in [-0.4, -0.2) is 48.3 Å². The first kappa shape index (κ1) is 18.4. The third kappa shape index (κ3) is 4.47.